The minimum atomic E-state index is -1.08. The lowest BCUT2D eigenvalue weighted by molar-refractivity contribution is -0.119. The van der Waals surface area contributed by atoms with E-state index in [2.05, 4.69) is 10.3 Å². The normalized spacial score (nSPS) is 9.76. The predicted molar refractivity (Wildman–Crippen MR) is 63.2 cm³/mol. The summed E-state index contributed by atoms with van der Waals surface area (Å²) in [4.78, 5) is 27.7. The first-order valence-electron chi connectivity index (χ1n) is 5.24. The molecule has 0 saturated heterocycles. The van der Waals surface area contributed by atoms with E-state index in [0.717, 1.165) is 0 Å². The summed E-state index contributed by atoms with van der Waals surface area (Å²) in [5, 5.41) is 11.3. The molecule has 92 valence electrons. The number of amides is 1. The molecule has 0 aliphatic rings. The molecule has 0 atom stereocenters. The molecular weight excluding hydrogens is 222 g/mol. The van der Waals surface area contributed by atoms with E-state index >= 15 is 0 Å². The van der Waals surface area contributed by atoms with Crippen LogP contribution in [0.1, 0.15) is 17.4 Å². The number of likely N-dealkylation sites (N-methyl/N-ethyl adjacent to an activating group) is 2. The van der Waals surface area contributed by atoms with Gasteiger partial charge < -0.3 is 15.3 Å². The van der Waals surface area contributed by atoms with Crippen molar-refractivity contribution in [3.05, 3.63) is 23.9 Å². The highest BCUT2D eigenvalue weighted by molar-refractivity contribution is 5.86. The van der Waals surface area contributed by atoms with Crippen molar-refractivity contribution >= 4 is 17.7 Å². The van der Waals surface area contributed by atoms with Gasteiger partial charge in [-0.2, -0.15) is 0 Å². The first-order chi connectivity index (χ1) is 8.08. The molecule has 6 heteroatoms. The van der Waals surface area contributed by atoms with Gasteiger partial charge in [0.1, 0.15) is 5.82 Å². The van der Waals surface area contributed by atoms with Gasteiger partial charge in [-0.3, -0.25) is 4.79 Å². The van der Waals surface area contributed by atoms with E-state index < -0.39 is 5.97 Å². The molecule has 2 N–H and O–H groups in total. The lowest BCUT2D eigenvalue weighted by Crippen LogP contribution is -2.36. The lowest BCUT2D eigenvalue weighted by atomic mass is 10.3. The third-order valence-electron chi connectivity index (χ3n) is 2.27. The number of aromatic carboxylic acids is 1. The second kappa shape index (κ2) is 5.83. The van der Waals surface area contributed by atoms with Crippen molar-refractivity contribution in [3.8, 4) is 0 Å². The van der Waals surface area contributed by atoms with Crippen LogP contribution in [0.25, 0.3) is 0 Å². The average Bonchev–Trinajstić information content (AvgIpc) is 2.35. The van der Waals surface area contributed by atoms with Crippen molar-refractivity contribution in [3.63, 3.8) is 0 Å². The molecule has 1 rings (SSSR count). The Morgan fingerprint density at radius 2 is 2.18 bits per heavy atom. The zero-order chi connectivity index (χ0) is 12.8. The molecule has 17 heavy (non-hydrogen) atoms. The van der Waals surface area contributed by atoms with Crippen molar-refractivity contribution in [2.45, 2.75) is 6.92 Å². The van der Waals surface area contributed by atoms with Crippen LogP contribution in [0.15, 0.2) is 18.2 Å². The van der Waals surface area contributed by atoms with E-state index in [1.54, 1.807) is 24.1 Å². The predicted octanol–water partition coefficient (Wildman–Crippen LogP) is 0.352. The van der Waals surface area contributed by atoms with Crippen molar-refractivity contribution in [2.75, 3.05) is 25.0 Å². The maximum Gasteiger partial charge on any atom is 0.354 e. The highest BCUT2D eigenvalue weighted by Gasteiger charge is 2.12. The Balaban J connectivity index is 2.91. The quantitative estimate of drug-likeness (QED) is 0.772. The Bertz CT molecular complexity index is 420. The minimum absolute atomic E-state index is 0.0298. The molecule has 0 aliphatic carbocycles. The van der Waals surface area contributed by atoms with E-state index in [1.807, 2.05) is 6.92 Å². The second-order valence-electron chi connectivity index (χ2n) is 3.37. The Kier molecular flexibility index (Phi) is 4.45. The number of nitrogens with zero attached hydrogens (tertiary/aromatic N) is 2. The number of hydrogen-bond donors (Lipinski definition) is 2. The molecule has 1 aromatic heterocycles. The van der Waals surface area contributed by atoms with Crippen LogP contribution >= 0.6 is 0 Å². The SMILES string of the molecule is CCN(CC(=O)NC)c1cccc(C(=O)O)n1. The van der Waals surface area contributed by atoms with Gasteiger partial charge in [0.05, 0.1) is 6.54 Å². The zero-order valence-corrected chi connectivity index (χ0v) is 9.80. The van der Waals surface area contributed by atoms with Crippen LogP contribution in [0.3, 0.4) is 0 Å². The number of carboxylic acids is 1. The molecule has 0 spiro atoms. The number of carbonyl (C=O) groups excluding carboxylic acids is 1. The summed E-state index contributed by atoms with van der Waals surface area (Å²) in [5.41, 5.74) is -0.0298. The highest BCUT2D eigenvalue weighted by atomic mass is 16.4. The third-order valence-corrected chi connectivity index (χ3v) is 2.27. The fourth-order valence-electron chi connectivity index (χ4n) is 1.33. The number of hydrogen-bond acceptors (Lipinski definition) is 4. The number of pyridine rings is 1. The van der Waals surface area contributed by atoms with Gasteiger partial charge in [-0.05, 0) is 19.1 Å². The summed E-state index contributed by atoms with van der Waals surface area (Å²) in [7, 11) is 1.55. The van der Waals surface area contributed by atoms with Crippen LogP contribution < -0.4 is 10.2 Å². The van der Waals surface area contributed by atoms with Gasteiger partial charge >= 0.3 is 5.97 Å². The van der Waals surface area contributed by atoms with Crippen LogP contribution in [0.5, 0.6) is 0 Å². The number of carboxylic acid groups (broad SMARTS) is 1. The van der Waals surface area contributed by atoms with Gasteiger partial charge in [-0.25, -0.2) is 9.78 Å². The smallest absolute Gasteiger partial charge is 0.354 e. The Morgan fingerprint density at radius 1 is 1.47 bits per heavy atom. The standard InChI is InChI=1S/C11H15N3O3/c1-3-14(7-10(15)12-2)9-6-4-5-8(13-9)11(16)17/h4-6H,3,7H2,1-2H3,(H,12,15)(H,16,17). The van der Waals surface area contributed by atoms with Crippen LogP contribution in [0, 0.1) is 0 Å². The number of carbonyl (C=O) groups is 2. The molecule has 0 aliphatic heterocycles. The Hall–Kier alpha value is -2.11. The summed E-state index contributed by atoms with van der Waals surface area (Å²) in [6, 6.07) is 4.71. The molecule has 0 radical (unpaired) electrons. The lowest BCUT2D eigenvalue weighted by Gasteiger charge is -2.20. The van der Waals surface area contributed by atoms with Gasteiger partial charge in [-0.15, -0.1) is 0 Å². The number of anilines is 1. The molecule has 6 nitrogen and oxygen atoms in total. The van der Waals surface area contributed by atoms with Crippen LogP contribution in [-0.4, -0.2) is 42.1 Å². The van der Waals surface area contributed by atoms with Gasteiger partial charge in [0.15, 0.2) is 5.69 Å². The van der Waals surface area contributed by atoms with E-state index in [1.165, 1.54) is 6.07 Å². The molecule has 1 heterocycles. The van der Waals surface area contributed by atoms with Crippen molar-refractivity contribution in [1.82, 2.24) is 10.3 Å². The summed E-state index contributed by atoms with van der Waals surface area (Å²) >= 11 is 0. The number of nitrogens with one attached hydrogen (secondary N) is 1. The maximum absolute atomic E-state index is 11.3. The maximum atomic E-state index is 11.3. The summed E-state index contributed by atoms with van der Waals surface area (Å²) < 4.78 is 0. The Morgan fingerprint density at radius 3 is 2.71 bits per heavy atom. The third kappa shape index (κ3) is 3.44. The number of aromatic nitrogens is 1. The van der Waals surface area contributed by atoms with Crippen molar-refractivity contribution in [1.29, 1.82) is 0 Å². The van der Waals surface area contributed by atoms with Gasteiger partial charge in [0, 0.05) is 13.6 Å². The van der Waals surface area contributed by atoms with Crippen LogP contribution in [0.2, 0.25) is 0 Å². The zero-order valence-electron chi connectivity index (χ0n) is 9.80. The van der Waals surface area contributed by atoms with E-state index in [9.17, 15) is 9.59 Å². The molecule has 0 bridgehead atoms. The number of rotatable bonds is 5. The molecule has 0 aromatic carbocycles. The summed E-state index contributed by atoms with van der Waals surface area (Å²) in [6.45, 7) is 2.60. The molecule has 1 aromatic rings. The first-order valence-corrected chi connectivity index (χ1v) is 5.24. The fraction of sp³-hybridized carbons (Fsp3) is 0.364. The van der Waals surface area contributed by atoms with E-state index in [0.29, 0.717) is 12.4 Å². The highest BCUT2D eigenvalue weighted by Crippen LogP contribution is 2.10. The van der Waals surface area contributed by atoms with Gasteiger partial charge in [0.2, 0.25) is 5.91 Å². The Labute approximate surface area is 99.3 Å². The monoisotopic (exact) mass is 237 g/mol. The molecule has 0 fully saturated rings. The van der Waals surface area contributed by atoms with Gasteiger partial charge in [0.25, 0.3) is 0 Å². The first kappa shape index (κ1) is 13.0. The molecule has 0 saturated carbocycles. The van der Waals surface area contributed by atoms with Crippen LogP contribution in [-0.2, 0) is 4.79 Å². The van der Waals surface area contributed by atoms with Crippen LogP contribution in [0.4, 0.5) is 5.82 Å². The molecular formula is C11H15N3O3. The molecule has 0 unspecified atom stereocenters. The topological polar surface area (TPSA) is 82.5 Å². The summed E-state index contributed by atoms with van der Waals surface area (Å²) in [6.07, 6.45) is 0. The second-order valence-corrected chi connectivity index (χ2v) is 3.37. The van der Waals surface area contributed by atoms with E-state index in [-0.39, 0.29) is 18.1 Å². The summed E-state index contributed by atoms with van der Waals surface area (Å²) in [5.74, 6) is -0.742. The largest absolute Gasteiger partial charge is 0.477 e. The fourth-order valence-corrected chi connectivity index (χ4v) is 1.33. The minimum Gasteiger partial charge on any atom is -0.477 e. The molecule has 1 amide bonds. The average molecular weight is 237 g/mol. The van der Waals surface area contributed by atoms with Gasteiger partial charge in [-0.1, -0.05) is 6.07 Å². The van der Waals surface area contributed by atoms with Crippen molar-refractivity contribution < 1.29 is 14.7 Å². The van der Waals surface area contributed by atoms with Crippen molar-refractivity contribution in [2.24, 2.45) is 0 Å². The van der Waals surface area contributed by atoms with E-state index in [4.69, 9.17) is 5.11 Å².